The van der Waals surface area contributed by atoms with Crippen molar-refractivity contribution in [3.8, 4) is 11.8 Å². The average Bonchev–Trinajstić information content (AvgIpc) is 3.28. The number of rotatable bonds is 22. The lowest BCUT2D eigenvalue weighted by molar-refractivity contribution is -0.153. The number of esters is 1. The van der Waals surface area contributed by atoms with Crippen molar-refractivity contribution in [3.63, 3.8) is 0 Å². The van der Waals surface area contributed by atoms with Crippen molar-refractivity contribution in [1.82, 2.24) is 44.6 Å². The van der Waals surface area contributed by atoms with Crippen LogP contribution >= 0.6 is 0 Å². The van der Waals surface area contributed by atoms with Crippen LogP contribution in [0.3, 0.4) is 0 Å². The van der Waals surface area contributed by atoms with Crippen molar-refractivity contribution in [2.24, 2.45) is 0 Å². The first-order chi connectivity index (χ1) is 31.9. The van der Waals surface area contributed by atoms with Crippen LogP contribution < -0.4 is 10.1 Å². The molecule has 0 aliphatic carbocycles. The van der Waals surface area contributed by atoms with Gasteiger partial charge in [-0.05, 0) is 30.7 Å². The Hall–Kier alpha value is -6.13. The number of alkyl halides is 2. The molecule has 2 aliphatic rings. The highest BCUT2D eigenvalue weighted by molar-refractivity contribution is 6.07. The Balaban J connectivity index is 1.21. The average molecular weight is 947 g/mol. The zero-order valence-corrected chi connectivity index (χ0v) is 37.7. The van der Waals surface area contributed by atoms with Gasteiger partial charge in [-0.25, -0.2) is 8.78 Å². The van der Waals surface area contributed by atoms with Crippen LogP contribution in [0, 0.1) is 11.3 Å². The molecule has 4 rings (SSSR count). The van der Waals surface area contributed by atoms with Crippen LogP contribution in [0.2, 0.25) is 0 Å². The Morgan fingerprint density at radius 3 is 1.85 bits per heavy atom. The van der Waals surface area contributed by atoms with E-state index < -0.39 is 74.3 Å². The van der Waals surface area contributed by atoms with Gasteiger partial charge in [0.15, 0.2) is 6.61 Å². The number of hydrogen-bond donors (Lipinski definition) is 4. The van der Waals surface area contributed by atoms with Crippen LogP contribution in [0.25, 0.3) is 10.9 Å². The molecule has 0 radical (unpaired) electrons. The Bertz CT molecular complexity index is 2040. The molecular weight excluding hydrogens is 887 g/mol. The number of fused-ring (bicyclic) bond motifs is 1. The number of nitrogens with zero attached hydrogens (tertiary/aromatic N) is 9. The van der Waals surface area contributed by atoms with Gasteiger partial charge in [-0.3, -0.25) is 63.0 Å². The normalized spacial score (nSPS) is 16.5. The van der Waals surface area contributed by atoms with Crippen molar-refractivity contribution in [2.45, 2.75) is 25.7 Å². The fourth-order valence-corrected chi connectivity index (χ4v) is 7.43. The standard InChI is InChI=1S/C43H60F2N10O12/c1-2-43(44,45)31-55(10-7-46)36(56)25-48-42(65)33-6-8-47-35-5-4-32(24-34(33)35)66-23-3-9-49-19-21-54(22-20-49)37(57)30-67-41(64)29-53-17-15-51(27-39(60)61)13-11-50(26-38(58)59)12-14-52(16-18-53)28-40(62)63/h4-6,8,24H,2-3,9-23,25-31H2,1H3,(H,48,65)(H,58,59)(H,60,61)(H,62,63). The summed E-state index contributed by atoms with van der Waals surface area (Å²) in [7, 11) is 0. The molecule has 1 aromatic carbocycles. The molecule has 24 heteroatoms. The summed E-state index contributed by atoms with van der Waals surface area (Å²) in [5.41, 5.74) is 0.672. The number of benzene rings is 1. The molecule has 2 fully saturated rings. The van der Waals surface area contributed by atoms with Crippen LogP contribution in [-0.2, 0) is 33.5 Å². The third-order valence-corrected chi connectivity index (χ3v) is 11.2. The van der Waals surface area contributed by atoms with Gasteiger partial charge in [-0.2, -0.15) is 5.26 Å². The van der Waals surface area contributed by atoms with Crippen molar-refractivity contribution in [3.05, 3.63) is 36.0 Å². The molecule has 1 aromatic heterocycles. The third-order valence-electron chi connectivity index (χ3n) is 11.2. The summed E-state index contributed by atoms with van der Waals surface area (Å²) in [5, 5.41) is 40.2. The van der Waals surface area contributed by atoms with Crippen LogP contribution in [0.4, 0.5) is 8.78 Å². The Labute approximate surface area is 386 Å². The number of nitrogens with one attached hydrogen (secondary N) is 1. The number of carbonyl (C=O) groups is 7. The topological polar surface area (TPSA) is 270 Å². The molecule has 3 heterocycles. The molecule has 0 spiro atoms. The minimum absolute atomic E-state index is 0.187. The first-order valence-electron chi connectivity index (χ1n) is 22.0. The number of hydrogen-bond acceptors (Lipinski definition) is 16. The van der Waals surface area contributed by atoms with Gasteiger partial charge in [0.25, 0.3) is 17.7 Å². The number of aliphatic carboxylic acids is 3. The van der Waals surface area contributed by atoms with E-state index in [4.69, 9.17) is 14.7 Å². The molecule has 0 unspecified atom stereocenters. The Morgan fingerprint density at radius 1 is 0.791 bits per heavy atom. The molecule has 4 N–H and O–H groups in total. The number of amides is 3. The van der Waals surface area contributed by atoms with Gasteiger partial charge in [-0.15, -0.1) is 0 Å². The fourth-order valence-electron chi connectivity index (χ4n) is 7.43. The van der Waals surface area contributed by atoms with Crippen molar-refractivity contribution >= 4 is 52.5 Å². The first kappa shape index (κ1) is 53.5. The molecule has 3 amide bonds. The maximum atomic E-state index is 14.0. The second kappa shape index (κ2) is 26.9. The number of carboxylic acids is 3. The molecule has 0 bridgehead atoms. The molecule has 67 heavy (non-hydrogen) atoms. The summed E-state index contributed by atoms with van der Waals surface area (Å²) < 4.78 is 39.3. The van der Waals surface area contributed by atoms with E-state index in [0.29, 0.717) is 67.3 Å². The van der Waals surface area contributed by atoms with E-state index >= 15 is 0 Å². The number of carboxylic acid groups (broad SMARTS) is 3. The fraction of sp³-hybridized carbons (Fsp3) is 0.605. The molecule has 368 valence electrons. The van der Waals surface area contributed by atoms with Gasteiger partial charge in [0.05, 0.1) is 63.0 Å². The number of nitriles is 1. The lowest BCUT2D eigenvalue weighted by Gasteiger charge is -2.34. The molecule has 2 aromatic rings. The van der Waals surface area contributed by atoms with Gasteiger partial charge >= 0.3 is 23.9 Å². The second-order valence-corrected chi connectivity index (χ2v) is 16.2. The molecule has 22 nitrogen and oxygen atoms in total. The van der Waals surface area contributed by atoms with Gasteiger partial charge in [0.1, 0.15) is 12.3 Å². The van der Waals surface area contributed by atoms with Crippen LogP contribution in [0.15, 0.2) is 30.5 Å². The highest BCUT2D eigenvalue weighted by atomic mass is 19.3. The zero-order valence-electron chi connectivity index (χ0n) is 37.7. The van der Waals surface area contributed by atoms with Gasteiger partial charge in [0, 0.05) is 103 Å². The van der Waals surface area contributed by atoms with Gasteiger partial charge in [0.2, 0.25) is 5.91 Å². The zero-order chi connectivity index (χ0) is 48.9. The van der Waals surface area contributed by atoms with E-state index in [1.54, 1.807) is 48.8 Å². The van der Waals surface area contributed by atoms with Crippen molar-refractivity contribution in [1.29, 1.82) is 5.26 Å². The molecule has 0 saturated carbocycles. The smallest absolute Gasteiger partial charge is 0.320 e. The molecule has 2 saturated heterocycles. The second-order valence-electron chi connectivity index (χ2n) is 16.2. The van der Waals surface area contributed by atoms with E-state index in [1.807, 2.05) is 0 Å². The van der Waals surface area contributed by atoms with E-state index in [1.165, 1.54) is 19.2 Å². The Kier molecular flexibility index (Phi) is 21.5. The summed E-state index contributed by atoms with van der Waals surface area (Å²) >= 11 is 0. The lowest BCUT2D eigenvalue weighted by atomic mass is 10.1. The summed E-state index contributed by atoms with van der Waals surface area (Å²) in [6, 6.07) is 8.19. The minimum atomic E-state index is -3.18. The van der Waals surface area contributed by atoms with Crippen LogP contribution in [0.5, 0.6) is 5.75 Å². The number of carbonyl (C=O) groups excluding carboxylic acids is 4. The molecule has 0 atom stereocenters. The predicted octanol–water partition coefficient (Wildman–Crippen LogP) is -0.706. The summed E-state index contributed by atoms with van der Waals surface area (Å²) in [6.07, 6.45) is 1.54. The van der Waals surface area contributed by atoms with Gasteiger partial charge in [-0.1, -0.05) is 6.92 Å². The maximum absolute atomic E-state index is 14.0. The SMILES string of the molecule is CCC(F)(F)CN(CC#N)C(=O)CNC(=O)c1ccnc2ccc(OCCCN3CCN(C(=O)COC(=O)CN4CCN(CC(=O)O)CCN(CC(=O)O)CCN(CC(=O)O)CC4)CC3)cc12. The number of piperazine rings is 1. The summed E-state index contributed by atoms with van der Waals surface area (Å²) in [5.74, 6) is -8.40. The van der Waals surface area contributed by atoms with E-state index in [-0.39, 0.29) is 90.0 Å². The van der Waals surface area contributed by atoms with Crippen molar-refractivity contribution in [2.75, 3.05) is 144 Å². The van der Waals surface area contributed by atoms with Gasteiger partial charge < -0.3 is 39.9 Å². The predicted molar refractivity (Wildman–Crippen MR) is 234 cm³/mol. The number of aromatic nitrogens is 1. The third kappa shape index (κ3) is 18.9. The highest BCUT2D eigenvalue weighted by Crippen LogP contribution is 2.23. The summed E-state index contributed by atoms with van der Waals surface area (Å²) in [4.78, 5) is 102. The van der Waals surface area contributed by atoms with E-state index in [2.05, 4.69) is 15.2 Å². The highest BCUT2D eigenvalue weighted by Gasteiger charge is 2.32. The molecular formula is C43H60F2N10O12. The van der Waals surface area contributed by atoms with E-state index in [9.17, 15) is 57.7 Å². The first-order valence-corrected chi connectivity index (χ1v) is 22.0. The lowest BCUT2D eigenvalue weighted by Crippen LogP contribution is -2.50. The number of ether oxygens (including phenoxy) is 2. The van der Waals surface area contributed by atoms with Crippen LogP contribution in [-0.4, -0.2) is 246 Å². The summed E-state index contributed by atoms with van der Waals surface area (Å²) in [6.45, 7) is 2.40. The number of halogens is 2. The number of pyridine rings is 1. The Morgan fingerprint density at radius 2 is 1.33 bits per heavy atom. The quantitative estimate of drug-likeness (QED) is 0.0645. The van der Waals surface area contributed by atoms with Crippen LogP contribution in [0.1, 0.15) is 30.1 Å². The monoisotopic (exact) mass is 946 g/mol. The maximum Gasteiger partial charge on any atom is 0.320 e. The molecule has 2 aliphatic heterocycles. The largest absolute Gasteiger partial charge is 0.494 e. The van der Waals surface area contributed by atoms with E-state index in [0.717, 1.165) is 0 Å². The van der Waals surface area contributed by atoms with Crippen molar-refractivity contribution < 1.29 is 67.1 Å². The minimum Gasteiger partial charge on any atom is -0.494 e.